The fourth-order valence-electron chi connectivity index (χ4n) is 4.60. The Morgan fingerprint density at radius 1 is 0.553 bits per heavy atom. The zero-order valence-electron chi connectivity index (χ0n) is 21.5. The van der Waals surface area contributed by atoms with Crippen LogP contribution < -0.4 is 9.47 Å². The van der Waals surface area contributed by atoms with Crippen LogP contribution in [0.25, 0.3) is 5.57 Å². The van der Waals surface area contributed by atoms with Gasteiger partial charge in [-0.05, 0) is 64.0 Å². The second-order valence-corrected chi connectivity index (χ2v) is 8.87. The summed E-state index contributed by atoms with van der Waals surface area (Å²) in [7, 11) is 3.37. The van der Waals surface area contributed by atoms with Crippen LogP contribution in [0.4, 0.5) is 5.69 Å². The first-order valence-corrected chi connectivity index (χ1v) is 12.6. The molecule has 0 fully saturated rings. The Morgan fingerprint density at radius 3 is 1.47 bits per heavy atom. The molecule has 0 aliphatic heterocycles. The summed E-state index contributed by atoms with van der Waals surface area (Å²) in [5.41, 5.74) is 7.35. The summed E-state index contributed by atoms with van der Waals surface area (Å²) in [5, 5.41) is 0. The molecule has 0 saturated carbocycles. The summed E-state index contributed by atoms with van der Waals surface area (Å²) in [5.74, 6) is 5.02. The highest BCUT2D eigenvalue weighted by Crippen LogP contribution is 2.38. The third-order valence-corrected chi connectivity index (χ3v) is 6.56. The number of hydrogen-bond acceptors (Lipinski definition) is 3. The summed E-state index contributed by atoms with van der Waals surface area (Å²) in [6.45, 7) is 0. The molecule has 0 spiro atoms. The van der Waals surface area contributed by atoms with E-state index in [1.807, 2.05) is 66.7 Å². The van der Waals surface area contributed by atoms with Crippen molar-refractivity contribution in [1.29, 1.82) is 0 Å². The van der Waals surface area contributed by atoms with E-state index >= 15 is 0 Å². The molecule has 0 aliphatic rings. The maximum Gasteiger partial charge on any atom is 0.118 e. The average molecular weight is 496 g/mol. The van der Waals surface area contributed by atoms with Crippen LogP contribution in [-0.4, -0.2) is 20.1 Å². The molecule has 0 atom stereocenters. The summed E-state index contributed by atoms with van der Waals surface area (Å²) in [6, 6.07) is 45.3. The fraction of sp³-hybridized carbons (Fsp3) is 0.0857. The van der Waals surface area contributed by atoms with Crippen LogP contribution in [0.5, 0.6) is 11.5 Å². The van der Waals surface area contributed by atoms with Crippen LogP contribution in [-0.2, 0) is 0 Å². The van der Waals surface area contributed by atoms with E-state index < -0.39 is 0 Å². The van der Waals surface area contributed by atoms with Gasteiger partial charge in [0, 0.05) is 5.92 Å². The van der Waals surface area contributed by atoms with E-state index in [1.165, 1.54) is 0 Å². The number of aliphatic imine (C=N–C) groups is 1. The zero-order valence-corrected chi connectivity index (χ0v) is 21.5. The number of hydrogen-bond donors (Lipinski definition) is 0. The van der Waals surface area contributed by atoms with Gasteiger partial charge in [0.2, 0.25) is 0 Å². The van der Waals surface area contributed by atoms with Gasteiger partial charge in [-0.15, -0.1) is 0 Å². The van der Waals surface area contributed by atoms with Gasteiger partial charge in [-0.25, -0.2) is 4.99 Å². The Hall–Kier alpha value is -4.85. The van der Waals surface area contributed by atoms with E-state index in [2.05, 4.69) is 72.6 Å². The minimum atomic E-state index is -0.0366. The van der Waals surface area contributed by atoms with E-state index in [9.17, 15) is 0 Å². The molecule has 0 N–H and O–H groups in total. The van der Waals surface area contributed by atoms with Crippen molar-refractivity contribution in [2.24, 2.45) is 4.99 Å². The number of rotatable bonds is 8. The van der Waals surface area contributed by atoms with Crippen molar-refractivity contribution in [1.82, 2.24) is 0 Å². The van der Waals surface area contributed by atoms with Crippen LogP contribution in [0, 0.1) is 0 Å². The number of nitrogens with zero attached hydrogens (tertiary/aromatic N) is 1. The molecule has 186 valence electrons. The molecule has 5 rings (SSSR count). The van der Waals surface area contributed by atoms with Gasteiger partial charge < -0.3 is 9.47 Å². The molecule has 3 nitrogen and oxygen atoms in total. The average Bonchev–Trinajstić information content (AvgIpc) is 3.00. The highest BCUT2D eigenvalue weighted by atomic mass is 16.5. The molecule has 0 saturated heterocycles. The molecule has 0 bridgehead atoms. The Labute approximate surface area is 224 Å². The second kappa shape index (κ2) is 11.9. The van der Waals surface area contributed by atoms with Crippen molar-refractivity contribution in [2.75, 3.05) is 14.2 Å². The summed E-state index contributed by atoms with van der Waals surface area (Å²) < 4.78 is 10.8. The maximum absolute atomic E-state index is 5.42. The standard InChI is InChI=1S/C35H29NO2/c1-37-30-21-17-28(18-22-30)35(29-19-23-31(38-2)24-20-29)32-15-9-10-16-34(32)36-25-33(26-11-5-3-6-12-26)27-13-7-4-8-14-27/h3-24,35H,1-2H3. The van der Waals surface area contributed by atoms with E-state index in [0.717, 1.165) is 50.6 Å². The minimum absolute atomic E-state index is 0.0366. The molecule has 3 heteroatoms. The predicted octanol–water partition coefficient (Wildman–Crippen LogP) is 8.32. The molecule has 0 aliphatic carbocycles. The summed E-state index contributed by atoms with van der Waals surface area (Å²) in [6.07, 6.45) is 0. The molecular weight excluding hydrogens is 466 g/mol. The van der Waals surface area contributed by atoms with Gasteiger partial charge in [0.15, 0.2) is 0 Å². The third-order valence-electron chi connectivity index (χ3n) is 6.56. The number of methoxy groups -OCH3 is 2. The van der Waals surface area contributed by atoms with Crippen molar-refractivity contribution in [2.45, 2.75) is 5.92 Å². The van der Waals surface area contributed by atoms with Crippen LogP contribution in [0.1, 0.15) is 33.7 Å². The quantitative estimate of drug-likeness (QED) is 0.160. The molecule has 5 aromatic carbocycles. The molecule has 0 radical (unpaired) electrons. The highest BCUT2D eigenvalue weighted by Gasteiger charge is 2.20. The van der Waals surface area contributed by atoms with Gasteiger partial charge in [-0.1, -0.05) is 103 Å². The van der Waals surface area contributed by atoms with Crippen molar-refractivity contribution >= 4 is 17.1 Å². The first-order valence-electron chi connectivity index (χ1n) is 12.6. The van der Waals surface area contributed by atoms with Gasteiger partial charge in [-0.3, -0.25) is 0 Å². The summed E-state index contributed by atoms with van der Waals surface area (Å²) >= 11 is 0. The molecule has 0 amide bonds. The zero-order chi connectivity index (χ0) is 26.2. The van der Waals surface area contributed by atoms with Gasteiger partial charge >= 0.3 is 0 Å². The Morgan fingerprint density at radius 2 is 1.00 bits per heavy atom. The molecule has 0 unspecified atom stereocenters. The van der Waals surface area contributed by atoms with E-state index in [-0.39, 0.29) is 5.92 Å². The third kappa shape index (κ3) is 5.59. The van der Waals surface area contributed by atoms with E-state index in [0.29, 0.717) is 0 Å². The Balaban J connectivity index is 1.67. The molecule has 0 aromatic heterocycles. The number of ether oxygens (including phenoxy) is 2. The lowest BCUT2D eigenvalue weighted by Gasteiger charge is -2.21. The van der Waals surface area contributed by atoms with E-state index in [1.54, 1.807) is 14.2 Å². The van der Waals surface area contributed by atoms with Gasteiger partial charge in [0.25, 0.3) is 0 Å². The smallest absolute Gasteiger partial charge is 0.118 e. The highest BCUT2D eigenvalue weighted by molar-refractivity contribution is 5.99. The lowest BCUT2D eigenvalue weighted by Crippen LogP contribution is -2.04. The second-order valence-electron chi connectivity index (χ2n) is 8.87. The molecule has 5 aromatic rings. The van der Waals surface area contributed by atoms with Crippen LogP contribution in [0.3, 0.4) is 0 Å². The first kappa shape index (κ1) is 24.8. The van der Waals surface area contributed by atoms with Gasteiger partial charge in [-0.2, -0.15) is 0 Å². The minimum Gasteiger partial charge on any atom is -0.497 e. The largest absolute Gasteiger partial charge is 0.497 e. The van der Waals surface area contributed by atoms with Crippen LogP contribution >= 0.6 is 0 Å². The fourth-order valence-corrected chi connectivity index (χ4v) is 4.60. The van der Waals surface area contributed by atoms with Crippen LogP contribution in [0.2, 0.25) is 0 Å². The molecule has 0 heterocycles. The number of para-hydroxylation sites is 1. The van der Waals surface area contributed by atoms with Crippen molar-refractivity contribution in [3.63, 3.8) is 0 Å². The van der Waals surface area contributed by atoms with Crippen molar-refractivity contribution in [3.05, 3.63) is 161 Å². The maximum atomic E-state index is 5.42. The predicted molar refractivity (Wildman–Crippen MR) is 156 cm³/mol. The topological polar surface area (TPSA) is 30.8 Å². The SMILES string of the molecule is COc1ccc(C(c2ccc(OC)cc2)c2ccccc2N=C=C(c2ccccc2)c2ccccc2)cc1. The number of benzene rings is 5. The van der Waals surface area contributed by atoms with Gasteiger partial charge in [0.1, 0.15) is 11.5 Å². The lowest BCUT2D eigenvalue weighted by molar-refractivity contribution is 0.414. The van der Waals surface area contributed by atoms with Gasteiger partial charge in [0.05, 0.1) is 25.5 Å². The first-order chi connectivity index (χ1) is 18.8. The molecular formula is C35H29NO2. The van der Waals surface area contributed by atoms with E-state index in [4.69, 9.17) is 14.5 Å². The van der Waals surface area contributed by atoms with Crippen molar-refractivity contribution in [3.8, 4) is 11.5 Å². The Kier molecular flexibility index (Phi) is 7.79. The molecule has 38 heavy (non-hydrogen) atoms. The lowest BCUT2D eigenvalue weighted by atomic mass is 9.84. The normalized spacial score (nSPS) is 10.5. The Bertz CT molecular complexity index is 1440. The summed E-state index contributed by atoms with van der Waals surface area (Å²) in [4.78, 5) is 4.96. The van der Waals surface area contributed by atoms with Crippen molar-refractivity contribution < 1.29 is 9.47 Å². The monoisotopic (exact) mass is 495 g/mol. The van der Waals surface area contributed by atoms with Crippen LogP contribution in [0.15, 0.2) is 138 Å².